The highest BCUT2D eigenvalue weighted by Gasteiger charge is 2.46. The summed E-state index contributed by atoms with van der Waals surface area (Å²) in [7, 11) is 0. The van der Waals surface area contributed by atoms with Gasteiger partial charge < -0.3 is 14.0 Å². The fourth-order valence-corrected chi connectivity index (χ4v) is 3.83. The Labute approximate surface area is 177 Å². The van der Waals surface area contributed by atoms with Gasteiger partial charge in [0.1, 0.15) is 11.3 Å². The Morgan fingerprint density at radius 1 is 1.06 bits per heavy atom. The van der Waals surface area contributed by atoms with Gasteiger partial charge in [0.15, 0.2) is 17.3 Å². The average Bonchev–Trinajstić information content (AvgIpc) is 3.45. The summed E-state index contributed by atoms with van der Waals surface area (Å²) in [6, 6.07) is 16.9. The van der Waals surface area contributed by atoms with E-state index in [2.05, 4.69) is 5.16 Å². The first kappa shape index (κ1) is 18.9. The molecule has 0 spiro atoms. The zero-order valence-electron chi connectivity index (χ0n) is 16.8. The summed E-state index contributed by atoms with van der Waals surface area (Å²) in [5.41, 5.74) is 2.16. The number of fused-ring (bicyclic) bond motifs is 1. The Balaban J connectivity index is 1.66. The molecule has 5 rings (SSSR count). The van der Waals surface area contributed by atoms with Gasteiger partial charge in [0, 0.05) is 11.5 Å². The molecule has 0 bridgehead atoms. The Morgan fingerprint density at radius 3 is 2.48 bits per heavy atom. The van der Waals surface area contributed by atoms with Gasteiger partial charge in [-0.1, -0.05) is 53.2 Å². The van der Waals surface area contributed by atoms with Crippen LogP contribution in [0.3, 0.4) is 0 Å². The van der Waals surface area contributed by atoms with E-state index in [9.17, 15) is 14.7 Å². The topological polar surface area (TPSA) is 96.8 Å². The molecule has 0 unspecified atom stereocenters. The Kier molecular flexibility index (Phi) is 4.25. The van der Waals surface area contributed by atoms with Crippen LogP contribution in [0.15, 0.2) is 80.9 Å². The summed E-state index contributed by atoms with van der Waals surface area (Å²) in [5, 5.41) is 15.4. The first-order chi connectivity index (χ1) is 14.9. The van der Waals surface area contributed by atoms with Gasteiger partial charge in [0.2, 0.25) is 5.78 Å². The molecular weight excluding hydrogens is 396 g/mol. The highest BCUT2D eigenvalue weighted by molar-refractivity contribution is 6.20. The summed E-state index contributed by atoms with van der Waals surface area (Å²) in [4.78, 5) is 27.8. The zero-order valence-corrected chi connectivity index (χ0v) is 16.8. The van der Waals surface area contributed by atoms with E-state index in [4.69, 9.17) is 8.94 Å². The van der Waals surface area contributed by atoms with Gasteiger partial charge in [0.25, 0.3) is 5.91 Å². The lowest BCUT2D eigenvalue weighted by molar-refractivity contribution is -0.117. The normalized spacial score (nSPS) is 16.5. The SMILES string of the molecule is Cc1ccc([C@H]2C(C(=O)c3cc4ccccc4o3)=C(O)C(=O)N2c2cc(C)on2)cc1. The van der Waals surface area contributed by atoms with Crippen molar-refractivity contribution in [2.24, 2.45) is 0 Å². The van der Waals surface area contributed by atoms with Gasteiger partial charge in [-0.2, -0.15) is 0 Å². The van der Waals surface area contributed by atoms with E-state index in [0.717, 1.165) is 10.9 Å². The Bertz CT molecular complexity index is 1330. The second kappa shape index (κ2) is 6.98. The molecular formula is C24H18N2O5. The summed E-state index contributed by atoms with van der Waals surface area (Å²) in [5.74, 6) is -1.15. The van der Waals surface area contributed by atoms with Crippen molar-refractivity contribution in [3.05, 3.63) is 94.6 Å². The number of furan rings is 1. The third-order valence-electron chi connectivity index (χ3n) is 5.36. The number of ketones is 1. The molecule has 0 fully saturated rings. The van der Waals surface area contributed by atoms with Gasteiger partial charge in [0.05, 0.1) is 11.6 Å². The predicted octanol–water partition coefficient (Wildman–Crippen LogP) is 4.82. The van der Waals surface area contributed by atoms with E-state index >= 15 is 0 Å². The van der Waals surface area contributed by atoms with Crippen molar-refractivity contribution in [2.45, 2.75) is 19.9 Å². The largest absolute Gasteiger partial charge is 0.503 e. The van der Waals surface area contributed by atoms with Crippen LogP contribution in [0.5, 0.6) is 0 Å². The lowest BCUT2D eigenvalue weighted by Crippen LogP contribution is -2.31. The van der Waals surface area contributed by atoms with Crippen molar-refractivity contribution in [1.29, 1.82) is 0 Å². The maximum atomic E-state index is 13.5. The first-order valence-corrected chi connectivity index (χ1v) is 9.74. The van der Waals surface area contributed by atoms with Crippen molar-refractivity contribution in [1.82, 2.24) is 5.16 Å². The number of carbonyl (C=O) groups excluding carboxylic acids is 2. The minimum absolute atomic E-state index is 0.0471. The number of benzene rings is 2. The molecule has 7 heteroatoms. The third-order valence-corrected chi connectivity index (χ3v) is 5.36. The van der Waals surface area contributed by atoms with Crippen molar-refractivity contribution < 1.29 is 23.6 Å². The van der Waals surface area contributed by atoms with Gasteiger partial charge in [-0.15, -0.1) is 0 Å². The van der Waals surface area contributed by atoms with Crippen LogP contribution >= 0.6 is 0 Å². The minimum Gasteiger partial charge on any atom is -0.503 e. The molecule has 3 heterocycles. The zero-order chi connectivity index (χ0) is 21.7. The number of Topliss-reactive ketones (excluding diaryl/α,β-unsaturated/α-hetero) is 1. The number of hydrogen-bond donors (Lipinski definition) is 1. The van der Waals surface area contributed by atoms with Gasteiger partial charge in [-0.05, 0) is 31.5 Å². The van der Waals surface area contributed by atoms with E-state index < -0.39 is 23.5 Å². The molecule has 31 heavy (non-hydrogen) atoms. The second-order valence-corrected chi connectivity index (χ2v) is 7.52. The number of aliphatic hydroxyl groups is 1. The molecule has 4 aromatic rings. The van der Waals surface area contributed by atoms with Crippen molar-refractivity contribution >= 4 is 28.5 Å². The lowest BCUT2D eigenvalue weighted by Gasteiger charge is -2.24. The van der Waals surface area contributed by atoms with Crippen LogP contribution in [-0.4, -0.2) is 22.0 Å². The minimum atomic E-state index is -0.877. The van der Waals surface area contributed by atoms with E-state index in [1.807, 2.05) is 43.3 Å². The number of aromatic nitrogens is 1. The Morgan fingerprint density at radius 2 is 1.81 bits per heavy atom. The van der Waals surface area contributed by atoms with Crippen LogP contribution in [0.2, 0.25) is 0 Å². The molecule has 0 radical (unpaired) electrons. The molecule has 154 valence electrons. The molecule has 1 amide bonds. The van der Waals surface area contributed by atoms with Crippen LogP contribution in [-0.2, 0) is 4.79 Å². The van der Waals surface area contributed by atoms with Crippen molar-refractivity contribution in [2.75, 3.05) is 4.90 Å². The number of carbonyl (C=O) groups is 2. The first-order valence-electron chi connectivity index (χ1n) is 9.74. The van der Waals surface area contributed by atoms with E-state index in [-0.39, 0.29) is 17.2 Å². The summed E-state index contributed by atoms with van der Waals surface area (Å²) < 4.78 is 10.9. The standard InChI is InChI=1S/C24H18N2O5/c1-13-7-9-15(10-8-13)21-20(22(27)18-12-16-5-3-4-6-17(16)30-18)23(28)24(29)26(21)19-11-14(2)31-25-19/h3-12,21,28H,1-2H3/t21-/m0/s1. The molecule has 1 aliphatic rings. The highest BCUT2D eigenvalue weighted by Crippen LogP contribution is 2.42. The van der Waals surface area contributed by atoms with Gasteiger partial charge in [-0.3, -0.25) is 14.5 Å². The summed E-state index contributed by atoms with van der Waals surface area (Å²) >= 11 is 0. The van der Waals surface area contributed by atoms with E-state index in [1.165, 1.54) is 4.90 Å². The van der Waals surface area contributed by atoms with Crippen molar-refractivity contribution in [3.63, 3.8) is 0 Å². The van der Waals surface area contributed by atoms with Crippen LogP contribution in [0.1, 0.15) is 33.5 Å². The van der Waals surface area contributed by atoms with Gasteiger partial charge >= 0.3 is 0 Å². The summed E-state index contributed by atoms with van der Waals surface area (Å²) in [6.45, 7) is 3.64. The number of para-hydroxylation sites is 1. The number of aliphatic hydroxyl groups excluding tert-OH is 1. The molecule has 1 atom stereocenters. The van der Waals surface area contributed by atoms with Crippen LogP contribution in [0.4, 0.5) is 5.82 Å². The molecule has 7 nitrogen and oxygen atoms in total. The number of aryl methyl sites for hydroxylation is 2. The number of amides is 1. The highest BCUT2D eigenvalue weighted by atomic mass is 16.5. The Hall–Kier alpha value is -4.13. The van der Waals surface area contributed by atoms with Crippen LogP contribution in [0.25, 0.3) is 11.0 Å². The monoisotopic (exact) mass is 414 g/mol. The average molecular weight is 414 g/mol. The van der Waals surface area contributed by atoms with Crippen LogP contribution < -0.4 is 4.90 Å². The fraction of sp³-hybridized carbons (Fsp3) is 0.125. The molecule has 1 N–H and O–H groups in total. The molecule has 1 aliphatic heterocycles. The number of hydrogen-bond acceptors (Lipinski definition) is 6. The number of nitrogens with zero attached hydrogens (tertiary/aromatic N) is 2. The van der Waals surface area contributed by atoms with E-state index in [0.29, 0.717) is 16.9 Å². The quantitative estimate of drug-likeness (QED) is 0.481. The molecule has 0 saturated carbocycles. The molecule has 0 aliphatic carbocycles. The summed E-state index contributed by atoms with van der Waals surface area (Å²) in [6.07, 6.45) is 0. The van der Waals surface area contributed by atoms with Crippen LogP contribution in [0, 0.1) is 13.8 Å². The maximum absolute atomic E-state index is 13.5. The van der Waals surface area contributed by atoms with E-state index in [1.54, 1.807) is 31.2 Å². The smallest absolute Gasteiger partial charge is 0.295 e. The van der Waals surface area contributed by atoms with Gasteiger partial charge in [-0.25, -0.2) is 0 Å². The molecule has 2 aromatic heterocycles. The number of anilines is 1. The second-order valence-electron chi connectivity index (χ2n) is 7.52. The number of rotatable bonds is 4. The molecule has 0 saturated heterocycles. The maximum Gasteiger partial charge on any atom is 0.295 e. The fourth-order valence-electron chi connectivity index (χ4n) is 3.83. The lowest BCUT2D eigenvalue weighted by atomic mass is 9.94. The predicted molar refractivity (Wildman–Crippen MR) is 113 cm³/mol. The molecule has 2 aromatic carbocycles. The third kappa shape index (κ3) is 3.02. The van der Waals surface area contributed by atoms with Crippen molar-refractivity contribution in [3.8, 4) is 0 Å².